The number of hydrogen-bond donors (Lipinski definition) is 1. The lowest BCUT2D eigenvalue weighted by Crippen LogP contribution is -2.00. The van der Waals surface area contributed by atoms with E-state index in [1.54, 1.807) is 24.3 Å². The number of esters is 1. The van der Waals surface area contributed by atoms with Crippen LogP contribution in [0, 0.1) is 0 Å². The molecule has 0 bridgehead atoms. The lowest BCUT2D eigenvalue weighted by atomic mass is 10.0. The Morgan fingerprint density at radius 3 is 2.80 bits per heavy atom. The van der Waals surface area contributed by atoms with Crippen LogP contribution in [0.1, 0.15) is 11.1 Å². The number of aromatic hydroxyl groups is 1. The summed E-state index contributed by atoms with van der Waals surface area (Å²) < 4.78 is 10.2. The molecule has 0 fully saturated rings. The SMILES string of the molecule is COc1cc(/C=C2/C(=O)Oc3ccccc32)ccc1O. The van der Waals surface area contributed by atoms with Crippen LogP contribution in [0.15, 0.2) is 42.5 Å². The van der Waals surface area contributed by atoms with E-state index in [9.17, 15) is 9.90 Å². The third kappa shape index (κ3) is 2.01. The predicted octanol–water partition coefficient (Wildman–Crippen LogP) is 2.86. The number of carbonyl (C=O) groups is 1. The Hall–Kier alpha value is -2.75. The summed E-state index contributed by atoms with van der Waals surface area (Å²) in [6.45, 7) is 0. The van der Waals surface area contributed by atoms with Crippen LogP contribution < -0.4 is 9.47 Å². The summed E-state index contributed by atoms with van der Waals surface area (Å²) in [5.41, 5.74) is 2.01. The van der Waals surface area contributed by atoms with Crippen molar-refractivity contribution < 1.29 is 19.4 Å². The molecule has 1 aliphatic rings. The highest BCUT2D eigenvalue weighted by Crippen LogP contribution is 2.36. The molecule has 0 atom stereocenters. The maximum Gasteiger partial charge on any atom is 0.344 e. The molecular weight excluding hydrogens is 256 g/mol. The van der Waals surface area contributed by atoms with Gasteiger partial charge in [-0.05, 0) is 29.8 Å². The van der Waals surface area contributed by atoms with Crippen LogP contribution in [0.5, 0.6) is 17.2 Å². The summed E-state index contributed by atoms with van der Waals surface area (Å²) in [6.07, 6.45) is 1.72. The minimum Gasteiger partial charge on any atom is -0.504 e. The van der Waals surface area contributed by atoms with E-state index in [0.717, 1.165) is 11.1 Å². The second kappa shape index (κ2) is 4.74. The van der Waals surface area contributed by atoms with E-state index in [0.29, 0.717) is 17.1 Å². The van der Waals surface area contributed by atoms with Gasteiger partial charge in [0.1, 0.15) is 5.75 Å². The number of phenols is 1. The van der Waals surface area contributed by atoms with E-state index in [1.807, 2.05) is 18.2 Å². The van der Waals surface area contributed by atoms with Gasteiger partial charge in [-0.15, -0.1) is 0 Å². The molecule has 100 valence electrons. The molecule has 0 aromatic heterocycles. The molecule has 2 aromatic carbocycles. The molecule has 0 spiro atoms. The highest BCUT2D eigenvalue weighted by atomic mass is 16.5. The van der Waals surface area contributed by atoms with Crippen molar-refractivity contribution in [3.63, 3.8) is 0 Å². The van der Waals surface area contributed by atoms with Crippen LogP contribution in [0.2, 0.25) is 0 Å². The zero-order chi connectivity index (χ0) is 14.1. The Kier molecular flexibility index (Phi) is 2.91. The van der Waals surface area contributed by atoms with Gasteiger partial charge in [-0.2, -0.15) is 0 Å². The Morgan fingerprint density at radius 1 is 1.20 bits per heavy atom. The number of hydrogen-bond acceptors (Lipinski definition) is 4. The molecule has 0 amide bonds. The number of methoxy groups -OCH3 is 1. The minimum atomic E-state index is -0.377. The average Bonchev–Trinajstić information content (AvgIpc) is 2.77. The monoisotopic (exact) mass is 268 g/mol. The molecule has 0 unspecified atom stereocenters. The molecule has 0 radical (unpaired) electrons. The quantitative estimate of drug-likeness (QED) is 0.517. The third-order valence-electron chi connectivity index (χ3n) is 3.11. The van der Waals surface area contributed by atoms with Gasteiger partial charge < -0.3 is 14.6 Å². The van der Waals surface area contributed by atoms with Crippen molar-refractivity contribution in [1.29, 1.82) is 0 Å². The van der Waals surface area contributed by atoms with Crippen LogP contribution in [0.3, 0.4) is 0 Å². The zero-order valence-electron chi connectivity index (χ0n) is 10.8. The van der Waals surface area contributed by atoms with E-state index in [4.69, 9.17) is 9.47 Å². The van der Waals surface area contributed by atoms with Crippen molar-refractivity contribution >= 4 is 17.6 Å². The second-order valence-electron chi connectivity index (χ2n) is 4.37. The van der Waals surface area contributed by atoms with E-state index < -0.39 is 0 Å². The molecule has 0 saturated heterocycles. The van der Waals surface area contributed by atoms with Gasteiger partial charge >= 0.3 is 5.97 Å². The fourth-order valence-electron chi connectivity index (χ4n) is 2.13. The molecule has 3 rings (SSSR count). The number of rotatable bonds is 2. The molecule has 1 N–H and O–H groups in total. The van der Waals surface area contributed by atoms with Crippen molar-refractivity contribution in [2.75, 3.05) is 7.11 Å². The van der Waals surface area contributed by atoms with Crippen molar-refractivity contribution in [3.8, 4) is 17.2 Å². The van der Waals surface area contributed by atoms with Gasteiger partial charge in [0.2, 0.25) is 0 Å². The Morgan fingerprint density at radius 2 is 2.00 bits per heavy atom. The van der Waals surface area contributed by atoms with Gasteiger partial charge in [-0.25, -0.2) is 4.79 Å². The van der Waals surface area contributed by atoms with Gasteiger partial charge in [0, 0.05) is 5.56 Å². The molecule has 2 aromatic rings. The third-order valence-corrected chi connectivity index (χ3v) is 3.11. The molecule has 0 aliphatic carbocycles. The Bertz CT molecular complexity index is 716. The summed E-state index contributed by atoms with van der Waals surface area (Å²) in [5.74, 6) is 0.607. The average molecular weight is 268 g/mol. The van der Waals surface area contributed by atoms with E-state index in [2.05, 4.69) is 0 Å². The standard InChI is InChI=1S/C16H12O4/c1-19-15-9-10(6-7-13(15)17)8-12-11-4-2-3-5-14(11)20-16(12)18/h2-9,17H,1H3/b12-8+. The normalized spacial score (nSPS) is 15.1. The van der Waals surface area contributed by atoms with E-state index in [1.165, 1.54) is 13.2 Å². The fourth-order valence-corrected chi connectivity index (χ4v) is 2.13. The molecule has 1 heterocycles. The zero-order valence-corrected chi connectivity index (χ0v) is 10.8. The van der Waals surface area contributed by atoms with Crippen LogP contribution in [0.25, 0.3) is 11.6 Å². The van der Waals surface area contributed by atoms with Crippen LogP contribution in [-0.2, 0) is 4.79 Å². The maximum atomic E-state index is 11.9. The number of fused-ring (bicyclic) bond motifs is 1. The smallest absolute Gasteiger partial charge is 0.344 e. The van der Waals surface area contributed by atoms with Gasteiger partial charge in [-0.3, -0.25) is 0 Å². The summed E-state index contributed by atoms with van der Waals surface area (Å²) in [5, 5.41) is 9.57. The molecule has 1 aliphatic heterocycles. The maximum absolute atomic E-state index is 11.9. The first-order valence-electron chi connectivity index (χ1n) is 6.09. The summed E-state index contributed by atoms with van der Waals surface area (Å²) in [6, 6.07) is 12.2. The number of ether oxygens (including phenoxy) is 2. The van der Waals surface area contributed by atoms with Gasteiger partial charge in [0.15, 0.2) is 11.5 Å². The van der Waals surface area contributed by atoms with Gasteiger partial charge in [0.25, 0.3) is 0 Å². The first kappa shape index (κ1) is 12.3. The number of para-hydroxylation sites is 1. The first-order chi connectivity index (χ1) is 9.69. The lowest BCUT2D eigenvalue weighted by Gasteiger charge is -2.04. The summed E-state index contributed by atoms with van der Waals surface area (Å²) >= 11 is 0. The van der Waals surface area contributed by atoms with Crippen LogP contribution in [0.4, 0.5) is 0 Å². The first-order valence-corrected chi connectivity index (χ1v) is 6.09. The van der Waals surface area contributed by atoms with Crippen molar-refractivity contribution in [1.82, 2.24) is 0 Å². The van der Waals surface area contributed by atoms with Crippen LogP contribution >= 0.6 is 0 Å². The highest BCUT2D eigenvalue weighted by Gasteiger charge is 2.26. The molecule has 20 heavy (non-hydrogen) atoms. The number of phenolic OH excluding ortho intramolecular Hbond substituents is 1. The number of benzene rings is 2. The minimum absolute atomic E-state index is 0.0593. The second-order valence-corrected chi connectivity index (χ2v) is 4.37. The highest BCUT2D eigenvalue weighted by molar-refractivity contribution is 6.25. The van der Waals surface area contributed by atoms with Crippen LogP contribution in [-0.4, -0.2) is 18.2 Å². The van der Waals surface area contributed by atoms with Crippen molar-refractivity contribution in [3.05, 3.63) is 53.6 Å². The molecule has 0 saturated carbocycles. The molecular formula is C16H12O4. The fraction of sp³-hybridized carbons (Fsp3) is 0.0625. The lowest BCUT2D eigenvalue weighted by molar-refractivity contribution is -0.126. The van der Waals surface area contributed by atoms with E-state index in [-0.39, 0.29) is 11.7 Å². The largest absolute Gasteiger partial charge is 0.504 e. The van der Waals surface area contributed by atoms with Gasteiger partial charge in [-0.1, -0.05) is 24.3 Å². The predicted molar refractivity (Wildman–Crippen MR) is 74.6 cm³/mol. The molecule has 4 nitrogen and oxygen atoms in total. The van der Waals surface area contributed by atoms with Crippen molar-refractivity contribution in [2.45, 2.75) is 0 Å². The number of carbonyl (C=O) groups excluding carboxylic acids is 1. The summed E-state index contributed by atoms with van der Waals surface area (Å²) in [4.78, 5) is 11.9. The Balaban J connectivity index is 2.07. The summed E-state index contributed by atoms with van der Waals surface area (Å²) in [7, 11) is 1.48. The van der Waals surface area contributed by atoms with E-state index >= 15 is 0 Å². The molecule has 4 heteroatoms. The topological polar surface area (TPSA) is 55.8 Å². The van der Waals surface area contributed by atoms with Gasteiger partial charge in [0.05, 0.1) is 12.7 Å². The van der Waals surface area contributed by atoms with Crippen molar-refractivity contribution in [2.24, 2.45) is 0 Å². The Labute approximate surface area is 115 Å².